The maximum atomic E-state index is 12.0. The Hall–Kier alpha value is -2.41. The highest BCUT2D eigenvalue weighted by atomic mass is 16.5. The van der Waals surface area contributed by atoms with Crippen LogP contribution in [0.4, 0.5) is 5.69 Å². The summed E-state index contributed by atoms with van der Waals surface area (Å²) in [6, 6.07) is 7.09. The number of methoxy groups -OCH3 is 1. The van der Waals surface area contributed by atoms with Crippen molar-refractivity contribution in [3.8, 4) is 0 Å². The summed E-state index contributed by atoms with van der Waals surface area (Å²) in [5.41, 5.74) is 1.51. The van der Waals surface area contributed by atoms with E-state index in [1.165, 1.54) is 7.11 Å². The first-order chi connectivity index (χ1) is 11.1. The lowest BCUT2D eigenvalue weighted by Crippen LogP contribution is -2.31. The fourth-order valence-corrected chi connectivity index (χ4v) is 2.32. The average Bonchev–Trinajstić information content (AvgIpc) is 3.09. The summed E-state index contributed by atoms with van der Waals surface area (Å²) < 4.78 is 4.45. The number of anilines is 1. The fraction of sp³-hybridized carbons (Fsp3) is 0.438. The molecule has 0 radical (unpaired) electrons. The number of carbonyl (C=O) groups excluding carboxylic acids is 3. The molecule has 1 aromatic rings. The van der Waals surface area contributed by atoms with Gasteiger partial charge in [-0.15, -0.1) is 0 Å². The van der Waals surface area contributed by atoms with Crippen LogP contribution in [0.15, 0.2) is 24.3 Å². The third-order valence-electron chi connectivity index (χ3n) is 3.67. The minimum atomic E-state index is -0.488. The molecule has 23 heavy (non-hydrogen) atoms. The Morgan fingerprint density at radius 3 is 2.61 bits per heavy atom. The third-order valence-corrected chi connectivity index (χ3v) is 3.67. The van der Waals surface area contributed by atoms with Gasteiger partial charge in [0.25, 0.3) is 0 Å². The van der Waals surface area contributed by atoms with Crippen LogP contribution in [0.5, 0.6) is 0 Å². The van der Waals surface area contributed by atoms with Gasteiger partial charge in [-0.3, -0.25) is 14.4 Å². The van der Waals surface area contributed by atoms with Crippen LogP contribution in [0.2, 0.25) is 0 Å². The zero-order valence-electron chi connectivity index (χ0n) is 13.1. The molecule has 0 bridgehead atoms. The molecule has 2 rings (SSSR count). The highest BCUT2D eigenvalue weighted by Crippen LogP contribution is 2.14. The number of hydrogen-bond donors (Lipinski definition) is 3. The van der Waals surface area contributed by atoms with Crippen molar-refractivity contribution in [2.24, 2.45) is 5.92 Å². The lowest BCUT2D eigenvalue weighted by Gasteiger charge is -2.10. The summed E-state index contributed by atoms with van der Waals surface area (Å²) in [7, 11) is 1.27. The molecular weight excluding hydrogens is 298 g/mol. The van der Waals surface area contributed by atoms with Gasteiger partial charge in [-0.25, -0.2) is 0 Å². The highest BCUT2D eigenvalue weighted by molar-refractivity contribution is 5.93. The Labute approximate surface area is 134 Å². The largest absolute Gasteiger partial charge is 0.468 e. The normalized spacial score (nSPS) is 16.7. The Kier molecular flexibility index (Phi) is 6.10. The van der Waals surface area contributed by atoms with Crippen LogP contribution in [-0.4, -0.2) is 44.5 Å². The van der Waals surface area contributed by atoms with Gasteiger partial charge in [0.15, 0.2) is 0 Å². The van der Waals surface area contributed by atoms with Gasteiger partial charge in [0.2, 0.25) is 11.8 Å². The van der Waals surface area contributed by atoms with E-state index in [0.717, 1.165) is 18.5 Å². The molecule has 0 aliphatic carbocycles. The zero-order valence-corrected chi connectivity index (χ0v) is 13.1. The van der Waals surface area contributed by atoms with Crippen molar-refractivity contribution in [3.05, 3.63) is 29.8 Å². The molecular formula is C16H21N3O4. The molecule has 1 fully saturated rings. The highest BCUT2D eigenvalue weighted by Gasteiger charge is 2.22. The van der Waals surface area contributed by atoms with Gasteiger partial charge in [-0.2, -0.15) is 0 Å². The number of amides is 2. The molecule has 1 aromatic carbocycles. The summed E-state index contributed by atoms with van der Waals surface area (Å²) in [6.07, 6.45) is 1.02. The van der Waals surface area contributed by atoms with Crippen molar-refractivity contribution in [1.29, 1.82) is 0 Å². The van der Waals surface area contributed by atoms with Crippen molar-refractivity contribution in [2.75, 3.05) is 32.1 Å². The summed E-state index contributed by atoms with van der Waals surface area (Å²) in [6.45, 7) is 1.45. The zero-order chi connectivity index (χ0) is 16.7. The van der Waals surface area contributed by atoms with E-state index in [1.54, 1.807) is 24.3 Å². The number of carbonyl (C=O) groups is 3. The molecule has 3 N–H and O–H groups in total. The van der Waals surface area contributed by atoms with E-state index in [4.69, 9.17) is 0 Å². The Morgan fingerprint density at radius 1 is 1.26 bits per heavy atom. The number of rotatable bonds is 6. The number of nitrogens with one attached hydrogen (secondary N) is 3. The lowest BCUT2D eigenvalue weighted by atomic mass is 10.1. The van der Waals surface area contributed by atoms with Crippen LogP contribution < -0.4 is 16.0 Å². The average molecular weight is 319 g/mol. The van der Waals surface area contributed by atoms with Crippen LogP contribution in [0.25, 0.3) is 0 Å². The van der Waals surface area contributed by atoms with E-state index in [1.807, 2.05) is 0 Å². The molecule has 1 unspecified atom stereocenters. The van der Waals surface area contributed by atoms with Crippen LogP contribution in [0, 0.1) is 5.92 Å². The van der Waals surface area contributed by atoms with Crippen molar-refractivity contribution >= 4 is 23.5 Å². The second-order valence-corrected chi connectivity index (χ2v) is 5.41. The smallest absolute Gasteiger partial charge is 0.325 e. The van der Waals surface area contributed by atoms with Crippen molar-refractivity contribution in [2.45, 2.75) is 12.8 Å². The summed E-state index contributed by atoms with van der Waals surface area (Å²) >= 11 is 0. The lowest BCUT2D eigenvalue weighted by molar-refractivity contribution is -0.141. The van der Waals surface area contributed by atoms with E-state index < -0.39 is 5.97 Å². The van der Waals surface area contributed by atoms with Gasteiger partial charge in [0.1, 0.15) is 6.54 Å². The maximum Gasteiger partial charge on any atom is 0.325 e. The topological polar surface area (TPSA) is 96.5 Å². The molecule has 1 saturated heterocycles. The second-order valence-electron chi connectivity index (χ2n) is 5.41. The molecule has 1 heterocycles. The van der Waals surface area contributed by atoms with E-state index >= 15 is 0 Å². The third kappa shape index (κ3) is 5.37. The summed E-state index contributed by atoms with van der Waals surface area (Å²) in [5.74, 6) is -0.723. The number of benzene rings is 1. The van der Waals surface area contributed by atoms with Crippen molar-refractivity contribution in [1.82, 2.24) is 10.6 Å². The molecule has 0 aromatic heterocycles. The van der Waals surface area contributed by atoms with E-state index in [-0.39, 0.29) is 30.7 Å². The molecule has 0 saturated carbocycles. The van der Waals surface area contributed by atoms with Gasteiger partial charge >= 0.3 is 5.97 Å². The van der Waals surface area contributed by atoms with Crippen molar-refractivity contribution < 1.29 is 19.1 Å². The van der Waals surface area contributed by atoms with Crippen molar-refractivity contribution in [3.63, 3.8) is 0 Å². The predicted octanol–water partition coefficient (Wildman–Crippen LogP) is 0.0663. The fourth-order valence-electron chi connectivity index (χ4n) is 2.32. The number of ether oxygens (including phenoxy) is 1. The Balaban J connectivity index is 1.80. The quantitative estimate of drug-likeness (QED) is 0.645. The maximum absolute atomic E-state index is 12.0. The standard InChI is InChI=1S/C16H21N3O4/c1-23-15(21)10-18-14(20)8-11-2-4-13(5-3-11)19-16(22)12-6-7-17-9-12/h2-5,12,17H,6-10H2,1H3,(H,18,20)(H,19,22). The molecule has 7 nitrogen and oxygen atoms in total. The van der Waals surface area contributed by atoms with E-state index in [9.17, 15) is 14.4 Å². The SMILES string of the molecule is COC(=O)CNC(=O)Cc1ccc(NC(=O)C2CCNC2)cc1. The van der Waals surface area contributed by atoms with E-state index in [0.29, 0.717) is 12.2 Å². The Morgan fingerprint density at radius 2 is 2.00 bits per heavy atom. The van der Waals surface area contributed by atoms with E-state index in [2.05, 4.69) is 20.7 Å². The molecule has 1 atom stereocenters. The second kappa shape index (κ2) is 8.28. The van der Waals surface area contributed by atoms with Crippen LogP contribution in [0.3, 0.4) is 0 Å². The number of esters is 1. The van der Waals surface area contributed by atoms with Gasteiger partial charge < -0.3 is 20.7 Å². The minimum Gasteiger partial charge on any atom is -0.468 e. The minimum absolute atomic E-state index is 0.0126. The molecule has 2 amide bonds. The predicted molar refractivity (Wildman–Crippen MR) is 84.8 cm³/mol. The molecule has 0 spiro atoms. The van der Waals surface area contributed by atoms with Gasteiger partial charge in [0, 0.05) is 12.2 Å². The van der Waals surface area contributed by atoms with Gasteiger partial charge in [-0.05, 0) is 30.7 Å². The molecule has 1 aliphatic rings. The van der Waals surface area contributed by atoms with Crippen LogP contribution in [-0.2, 0) is 25.5 Å². The summed E-state index contributed by atoms with van der Waals surface area (Å²) in [4.78, 5) is 34.6. The first-order valence-electron chi connectivity index (χ1n) is 7.52. The number of hydrogen-bond acceptors (Lipinski definition) is 5. The Bertz CT molecular complexity index is 565. The molecule has 7 heteroatoms. The first kappa shape index (κ1) is 17.0. The van der Waals surface area contributed by atoms with Crippen LogP contribution in [0.1, 0.15) is 12.0 Å². The summed E-state index contributed by atoms with van der Waals surface area (Å²) in [5, 5.41) is 8.50. The van der Waals surface area contributed by atoms with Gasteiger partial charge in [-0.1, -0.05) is 12.1 Å². The monoisotopic (exact) mass is 319 g/mol. The van der Waals surface area contributed by atoms with Crippen LogP contribution >= 0.6 is 0 Å². The first-order valence-corrected chi connectivity index (χ1v) is 7.52. The molecule has 1 aliphatic heterocycles. The van der Waals surface area contributed by atoms with Gasteiger partial charge in [0.05, 0.1) is 19.4 Å². The molecule has 124 valence electrons.